The Balaban J connectivity index is 1.52. The Morgan fingerprint density at radius 2 is 1.86 bits per heavy atom. The lowest BCUT2D eigenvalue weighted by atomic mass is 10.0. The molecule has 0 spiro atoms. The summed E-state index contributed by atoms with van der Waals surface area (Å²) in [7, 11) is 0. The van der Waals surface area contributed by atoms with Crippen molar-refractivity contribution in [3.8, 4) is 0 Å². The number of amides is 3. The van der Waals surface area contributed by atoms with E-state index in [9.17, 15) is 23.6 Å². The van der Waals surface area contributed by atoms with E-state index >= 15 is 0 Å². The molecular weight excluding hydrogens is 455 g/mol. The smallest absolute Gasteiger partial charge is 0.329 e. The van der Waals surface area contributed by atoms with Crippen LogP contribution in [0.3, 0.4) is 0 Å². The first kappa shape index (κ1) is 25.7. The minimum Gasteiger partial charge on any atom is -0.358 e. The first-order chi connectivity index (χ1) is 16.7. The molecule has 10 heteroatoms. The van der Waals surface area contributed by atoms with Crippen molar-refractivity contribution in [2.75, 3.05) is 11.9 Å². The van der Waals surface area contributed by atoms with E-state index in [-0.39, 0.29) is 24.1 Å². The molecule has 2 heterocycles. The van der Waals surface area contributed by atoms with E-state index in [0.29, 0.717) is 52.3 Å². The summed E-state index contributed by atoms with van der Waals surface area (Å²) >= 11 is 0. The van der Waals surface area contributed by atoms with E-state index < -0.39 is 11.8 Å². The lowest BCUT2D eigenvalue weighted by Crippen LogP contribution is -2.26. The summed E-state index contributed by atoms with van der Waals surface area (Å²) in [6.45, 7) is 5.27. The minimum absolute atomic E-state index is 0.219. The Bertz CT molecular complexity index is 1180. The van der Waals surface area contributed by atoms with Gasteiger partial charge in [-0.2, -0.15) is 5.48 Å². The zero-order valence-electron chi connectivity index (χ0n) is 20.0. The van der Waals surface area contributed by atoms with Crippen molar-refractivity contribution >= 4 is 41.0 Å². The topological polar surface area (TPSA) is 129 Å². The Hall–Kier alpha value is -3.95. The zero-order valence-corrected chi connectivity index (χ0v) is 20.0. The van der Waals surface area contributed by atoms with Crippen LogP contribution >= 0.6 is 0 Å². The van der Waals surface area contributed by atoms with Crippen molar-refractivity contribution in [2.24, 2.45) is 0 Å². The van der Waals surface area contributed by atoms with Crippen LogP contribution in [-0.2, 0) is 19.2 Å². The number of unbranched alkanes of at least 4 members (excludes halogenated alkanes) is 3. The number of nitrogens with one attached hydrogen (secondary N) is 4. The number of carbonyl (C=O) groups is 4. The number of aromatic amines is 1. The minimum atomic E-state index is -0.574. The van der Waals surface area contributed by atoms with Gasteiger partial charge in [0.25, 0.3) is 17.7 Å². The fraction of sp³-hybridized carbons (Fsp3) is 0.360. The molecule has 9 nitrogen and oxygen atoms in total. The van der Waals surface area contributed by atoms with Gasteiger partial charge >= 0.3 is 5.97 Å². The summed E-state index contributed by atoms with van der Waals surface area (Å²) in [5, 5.41) is 5.62. The van der Waals surface area contributed by atoms with Gasteiger partial charge in [-0.15, -0.1) is 0 Å². The van der Waals surface area contributed by atoms with Crippen molar-refractivity contribution in [3.63, 3.8) is 0 Å². The van der Waals surface area contributed by atoms with Gasteiger partial charge in [0.15, 0.2) is 0 Å². The lowest BCUT2D eigenvalue weighted by Gasteiger charge is -2.07. The van der Waals surface area contributed by atoms with Crippen molar-refractivity contribution in [2.45, 2.75) is 52.9 Å². The molecule has 35 heavy (non-hydrogen) atoms. The number of hydrogen-bond acceptors (Lipinski definition) is 5. The molecule has 1 aromatic heterocycles. The number of halogens is 1. The van der Waals surface area contributed by atoms with Gasteiger partial charge in [0.2, 0.25) is 0 Å². The van der Waals surface area contributed by atoms with Crippen LogP contribution in [-0.4, -0.2) is 35.2 Å². The monoisotopic (exact) mass is 484 g/mol. The summed E-state index contributed by atoms with van der Waals surface area (Å²) in [6.07, 6.45) is 4.92. The third kappa shape index (κ3) is 6.56. The van der Waals surface area contributed by atoms with E-state index in [2.05, 4.69) is 25.9 Å². The highest BCUT2D eigenvalue weighted by Gasteiger charge is 2.26. The first-order valence-corrected chi connectivity index (χ1v) is 11.4. The molecule has 0 atom stereocenters. The fourth-order valence-corrected chi connectivity index (χ4v) is 3.94. The maximum Gasteiger partial charge on any atom is 0.329 e. The van der Waals surface area contributed by atoms with Gasteiger partial charge in [-0.1, -0.05) is 12.8 Å². The van der Waals surface area contributed by atoms with Crippen LogP contribution in [0.1, 0.15) is 71.9 Å². The number of H-pyrrole nitrogens is 1. The van der Waals surface area contributed by atoms with Crippen LogP contribution in [0.5, 0.6) is 0 Å². The molecule has 1 aliphatic rings. The Morgan fingerprint density at radius 3 is 2.60 bits per heavy atom. The maximum atomic E-state index is 13.7. The molecule has 0 saturated heterocycles. The normalized spacial score (nSPS) is 13.4. The average Bonchev–Trinajstić information content (AvgIpc) is 3.26. The Morgan fingerprint density at radius 1 is 1.11 bits per heavy atom. The number of anilines is 1. The number of aromatic nitrogens is 1. The molecule has 186 valence electrons. The van der Waals surface area contributed by atoms with Gasteiger partial charge in [0, 0.05) is 42.5 Å². The van der Waals surface area contributed by atoms with Gasteiger partial charge in [-0.05, 0) is 56.5 Å². The standard InChI is InChI=1S/C25H29FN4O5/c1-14-21(13-19-18-12-17(26)9-10-20(18)29-24(19)33)28-15(2)23(14)25(34)27-11-7-5-4-6-8-22(32)30-35-16(3)31/h9-10,12-13,28H,4-8,11H2,1-3H3,(H,27,34)(H,29,33)(H,30,32). The third-order valence-electron chi connectivity index (χ3n) is 5.68. The van der Waals surface area contributed by atoms with E-state index in [1.165, 1.54) is 25.1 Å². The van der Waals surface area contributed by atoms with Gasteiger partial charge in [-0.3, -0.25) is 19.2 Å². The van der Waals surface area contributed by atoms with Gasteiger partial charge in [0.05, 0.1) is 11.1 Å². The number of hydrogen-bond donors (Lipinski definition) is 4. The van der Waals surface area contributed by atoms with E-state index in [1.807, 2.05) is 0 Å². The number of carbonyl (C=O) groups excluding carboxylic acids is 4. The summed E-state index contributed by atoms with van der Waals surface area (Å²) in [4.78, 5) is 54.8. The van der Waals surface area contributed by atoms with Crippen LogP contribution < -0.4 is 16.1 Å². The molecular formula is C25H29FN4O5. The van der Waals surface area contributed by atoms with Gasteiger partial charge < -0.3 is 20.5 Å². The highest BCUT2D eigenvalue weighted by molar-refractivity contribution is 6.34. The number of benzene rings is 1. The van der Waals surface area contributed by atoms with Crippen LogP contribution in [0, 0.1) is 19.7 Å². The maximum absolute atomic E-state index is 13.7. The Kier molecular flexibility index (Phi) is 8.40. The first-order valence-electron chi connectivity index (χ1n) is 11.4. The molecule has 0 fully saturated rings. The highest BCUT2D eigenvalue weighted by Crippen LogP contribution is 2.34. The molecule has 0 saturated carbocycles. The third-order valence-corrected chi connectivity index (χ3v) is 5.68. The highest BCUT2D eigenvalue weighted by atomic mass is 19.1. The van der Waals surface area contributed by atoms with E-state index in [1.54, 1.807) is 19.9 Å². The Labute approximate surface area is 202 Å². The molecule has 2 aromatic rings. The SMILES string of the molecule is CC(=O)ONC(=O)CCCCCCNC(=O)c1c(C)[nH]c(C=C2C(=O)Nc3ccc(F)cc32)c1C. The van der Waals surface area contributed by atoms with E-state index in [0.717, 1.165) is 19.3 Å². The molecule has 3 amide bonds. The van der Waals surface area contributed by atoms with Crippen molar-refractivity contribution in [3.05, 3.63) is 52.1 Å². The van der Waals surface area contributed by atoms with Gasteiger partial charge in [-0.25, -0.2) is 4.39 Å². The number of fused-ring (bicyclic) bond motifs is 1. The molecule has 1 aliphatic heterocycles. The molecule has 3 rings (SSSR count). The van der Waals surface area contributed by atoms with Crippen LogP contribution in [0.4, 0.5) is 10.1 Å². The second kappa shape index (κ2) is 11.5. The largest absolute Gasteiger partial charge is 0.358 e. The zero-order chi connectivity index (χ0) is 25.5. The second-order valence-electron chi connectivity index (χ2n) is 8.40. The predicted octanol–water partition coefficient (Wildman–Crippen LogP) is 3.54. The van der Waals surface area contributed by atoms with Crippen molar-refractivity contribution in [1.82, 2.24) is 15.8 Å². The summed E-state index contributed by atoms with van der Waals surface area (Å²) in [6, 6.07) is 4.12. The quantitative estimate of drug-likeness (QED) is 0.246. The van der Waals surface area contributed by atoms with Crippen LogP contribution in [0.25, 0.3) is 11.6 Å². The molecule has 4 N–H and O–H groups in total. The molecule has 0 aliphatic carbocycles. The van der Waals surface area contributed by atoms with Crippen LogP contribution in [0.2, 0.25) is 0 Å². The lowest BCUT2D eigenvalue weighted by molar-refractivity contribution is -0.156. The predicted molar refractivity (Wildman–Crippen MR) is 128 cm³/mol. The summed E-state index contributed by atoms with van der Waals surface area (Å²) in [5.74, 6) is -1.90. The summed E-state index contributed by atoms with van der Waals surface area (Å²) < 4.78 is 13.7. The number of rotatable bonds is 9. The molecule has 0 bridgehead atoms. The molecule has 0 unspecified atom stereocenters. The number of aryl methyl sites for hydroxylation is 1. The summed E-state index contributed by atoms with van der Waals surface area (Å²) in [5.41, 5.74) is 5.92. The average molecular weight is 485 g/mol. The van der Waals surface area contributed by atoms with Crippen molar-refractivity contribution < 1.29 is 28.4 Å². The van der Waals surface area contributed by atoms with E-state index in [4.69, 9.17) is 0 Å². The van der Waals surface area contributed by atoms with Crippen molar-refractivity contribution in [1.29, 1.82) is 0 Å². The molecule has 1 aromatic carbocycles. The van der Waals surface area contributed by atoms with Gasteiger partial charge in [0.1, 0.15) is 5.82 Å². The molecule has 0 radical (unpaired) electrons. The van der Waals surface area contributed by atoms with Crippen LogP contribution in [0.15, 0.2) is 18.2 Å². The second-order valence-corrected chi connectivity index (χ2v) is 8.40. The number of hydroxylamine groups is 1. The fourth-order valence-electron chi connectivity index (χ4n) is 3.94.